The quantitative estimate of drug-likeness (QED) is 0.331. The first kappa shape index (κ1) is 7.27. The summed E-state index contributed by atoms with van der Waals surface area (Å²) in [5.41, 5.74) is 7.84. The Morgan fingerprint density at radius 3 is 2.88 bits per heavy atom. The second-order valence-corrected chi connectivity index (χ2v) is 1.60. The fraction of sp³-hybridized carbons (Fsp3) is 1.00. The van der Waals surface area contributed by atoms with Gasteiger partial charge < -0.3 is 5.32 Å². The second kappa shape index (κ2) is 4.43. The highest BCUT2D eigenvalue weighted by molar-refractivity contribution is 4.59. The largest absolute Gasteiger partial charge is 0.317 e. The molecule has 0 aromatic rings. The van der Waals surface area contributed by atoms with Crippen LogP contribution in [0.2, 0.25) is 0 Å². The van der Waals surface area contributed by atoms with Crippen molar-refractivity contribution in [2.45, 2.75) is 13.0 Å². The van der Waals surface area contributed by atoms with E-state index in [0.29, 0.717) is 6.54 Å². The molecule has 0 bridgehead atoms. The minimum absolute atomic E-state index is 0.283. The van der Waals surface area contributed by atoms with Crippen molar-refractivity contribution in [3.8, 4) is 0 Å². The molecular weight excluding hydrogens is 104 g/mol. The van der Waals surface area contributed by atoms with Crippen LogP contribution in [0.1, 0.15) is 6.92 Å². The Morgan fingerprint density at radius 1 is 1.88 bits per heavy atom. The third kappa shape index (κ3) is 3.46. The molecule has 4 heteroatoms. The lowest BCUT2D eigenvalue weighted by molar-refractivity contribution is 0.620. The van der Waals surface area contributed by atoms with Crippen LogP contribution in [0.4, 0.5) is 0 Å². The van der Waals surface area contributed by atoms with Gasteiger partial charge in [0.2, 0.25) is 0 Å². The number of nitrogens with zero attached hydrogens (tertiary/aromatic N) is 3. The van der Waals surface area contributed by atoms with Crippen LogP contribution in [0, 0.1) is 0 Å². The molecule has 4 nitrogen and oxygen atoms in total. The number of rotatable bonds is 3. The van der Waals surface area contributed by atoms with E-state index in [2.05, 4.69) is 15.3 Å². The van der Waals surface area contributed by atoms with Gasteiger partial charge in [-0.25, -0.2) is 0 Å². The second-order valence-electron chi connectivity index (χ2n) is 1.60. The molecule has 0 aliphatic rings. The minimum Gasteiger partial charge on any atom is -0.317 e. The SMILES string of the molecule is CNC(C)CN=[N+]=[N-]. The van der Waals surface area contributed by atoms with E-state index in [4.69, 9.17) is 5.53 Å². The zero-order valence-electron chi connectivity index (χ0n) is 5.13. The van der Waals surface area contributed by atoms with Crippen LogP contribution in [-0.4, -0.2) is 19.6 Å². The van der Waals surface area contributed by atoms with Gasteiger partial charge in [0.25, 0.3) is 0 Å². The standard InChI is InChI=1S/C4H10N4/c1-4(6-2)3-7-8-5/h4,6H,3H2,1-2H3. The molecule has 8 heavy (non-hydrogen) atoms. The zero-order valence-corrected chi connectivity index (χ0v) is 5.13. The molecule has 1 unspecified atom stereocenters. The minimum atomic E-state index is 0.283. The average molecular weight is 114 g/mol. The summed E-state index contributed by atoms with van der Waals surface area (Å²) >= 11 is 0. The number of azide groups is 1. The molecule has 0 aromatic heterocycles. The molecule has 0 aliphatic carbocycles. The molecular formula is C4H10N4. The summed E-state index contributed by atoms with van der Waals surface area (Å²) in [4.78, 5) is 2.61. The van der Waals surface area contributed by atoms with Gasteiger partial charge in [0, 0.05) is 17.5 Å². The molecule has 0 saturated carbocycles. The summed E-state index contributed by atoms with van der Waals surface area (Å²) in [5, 5.41) is 6.30. The lowest BCUT2D eigenvalue weighted by Gasteiger charge is -2.02. The Morgan fingerprint density at radius 2 is 2.50 bits per heavy atom. The smallest absolute Gasteiger partial charge is 0.0409 e. The van der Waals surface area contributed by atoms with Gasteiger partial charge in [-0.05, 0) is 19.5 Å². The fourth-order valence-corrected chi connectivity index (χ4v) is 0.250. The van der Waals surface area contributed by atoms with E-state index in [1.165, 1.54) is 0 Å². The van der Waals surface area contributed by atoms with Gasteiger partial charge >= 0.3 is 0 Å². The molecule has 0 amide bonds. The summed E-state index contributed by atoms with van der Waals surface area (Å²) in [5.74, 6) is 0. The maximum Gasteiger partial charge on any atom is 0.0409 e. The summed E-state index contributed by atoms with van der Waals surface area (Å²) in [7, 11) is 1.83. The predicted molar refractivity (Wildman–Crippen MR) is 32.5 cm³/mol. The van der Waals surface area contributed by atoms with Gasteiger partial charge in [0.1, 0.15) is 0 Å². The summed E-state index contributed by atoms with van der Waals surface area (Å²) in [6, 6.07) is 0.283. The monoisotopic (exact) mass is 114 g/mol. The van der Waals surface area contributed by atoms with Gasteiger partial charge in [0.05, 0.1) is 0 Å². The lowest BCUT2D eigenvalue weighted by Crippen LogP contribution is -2.23. The molecule has 0 aromatic carbocycles. The van der Waals surface area contributed by atoms with Gasteiger partial charge in [0.15, 0.2) is 0 Å². The molecule has 0 spiro atoms. The molecule has 0 aliphatic heterocycles. The topological polar surface area (TPSA) is 60.8 Å². The Balaban J connectivity index is 3.23. The molecule has 0 saturated heterocycles. The number of hydrogen-bond donors (Lipinski definition) is 1. The van der Waals surface area contributed by atoms with Crippen LogP contribution in [0.15, 0.2) is 5.11 Å². The van der Waals surface area contributed by atoms with Gasteiger partial charge in [-0.15, -0.1) is 0 Å². The Kier molecular flexibility index (Phi) is 4.03. The third-order valence-corrected chi connectivity index (χ3v) is 0.912. The summed E-state index contributed by atoms with van der Waals surface area (Å²) in [6.45, 7) is 2.47. The van der Waals surface area contributed by atoms with Crippen molar-refractivity contribution in [2.24, 2.45) is 5.11 Å². The van der Waals surface area contributed by atoms with Crippen molar-refractivity contribution < 1.29 is 0 Å². The van der Waals surface area contributed by atoms with Gasteiger partial charge in [-0.3, -0.25) is 0 Å². The number of likely N-dealkylation sites (N-methyl/N-ethyl adjacent to an activating group) is 1. The highest BCUT2D eigenvalue weighted by Gasteiger charge is 1.90. The van der Waals surface area contributed by atoms with Crippen molar-refractivity contribution >= 4 is 0 Å². The van der Waals surface area contributed by atoms with Gasteiger partial charge in [-0.2, -0.15) is 0 Å². The first-order valence-corrected chi connectivity index (χ1v) is 2.49. The molecule has 1 N–H and O–H groups in total. The van der Waals surface area contributed by atoms with Crippen molar-refractivity contribution in [3.63, 3.8) is 0 Å². The van der Waals surface area contributed by atoms with E-state index in [9.17, 15) is 0 Å². The van der Waals surface area contributed by atoms with Crippen LogP contribution >= 0.6 is 0 Å². The maximum atomic E-state index is 7.84. The van der Waals surface area contributed by atoms with E-state index in [1.807, 2.05) is 14.0 Å². The first-order chi connectivity index (χ1) is 3.81. The van der Waals surface area contributed by atoms with Crippen LogP contribution in [0.25, 0.3) is 10.4 Å². The predicted octanol–water partition coefficient (Wildman–Crippen LogP) is 0.905. The van der Waals surface area contributed by atoms with Crippen LogP contribution in [0.3, 0.4) is 0 Å². The summed E-state index contributed by atoms with van der Waals surface area (Å²) in [6.07, 6.45) is 0. The molecule has 1 atom stereocenters. The highest BCUT2D eigenvalue weighted by Crippen LogP contribution is 1.79. The molecule has 0 fully saturated rings. The average Bonchev–Trinajstić information content (AvgIpc) is 1.83. The van der Waals surface area contributed by atoms with Crippen LogP contribution in [-0.2, 0) is 0 Å². The van der Waals surface area contributed by atoms with E-state index >= 15 is 0 Å². The van der Waals surface area contributed by atoms with Crippen molar-refractivity contribution in [2.75, 3.05) is 13.6 Å². The lowest BCUT2D eigenvalue weighted by atomic mass is 10.4. The molecule has 0 heterocycles. The number of nitrogens with one attached hydrogen (secondary N) is 1. The summed E-state index contributed by atoms with van der Waals surface area (Å²) < 4.78 is 0. The molecule has 0 rings (SSSR count). The Labute approximate surface area is 48.5 Å². The van der Waals surface area contributed by atoms with Crippen molar-refractivity contribution in [3.05, 3.63) is 10.4 Å². The van der Waals surface area contributed by atoms with E-state index in [0.717, 1.165) is 0 Å². The normalized spacial score (nSPS) is 12.2. The Hall–Kier alpha value is -0.730. The fourth-order valence-electron chi connectivity index (χ4n) is 0.250. The van der Waals surface area contributed by atoms with Crippen molar-refractivity contribution in [1.29, 1.82) is 0 Å². The first-order valence-electron chi connectivity index (χ1n) is 2.49. The number of hydrogen-bond acceptors (Lipinski definition) is 2. The van der Waals surface area contributed by atoms with Crippen LogP contribution < -0.4 is 5.32 Å². The van der Waals surface area contributed by atoms with E-state index < -0.39 is 0 Å². The molecule has 46 valence electrons. The highest BCUT2D eigenvalue weighted by atomic mass is 15.1. The molecule has 0 radical (unpaired) electrons. The van der Waals surface area contributed by atoms with E-state index in [-0.39, 0.29) is 6.04 Å². The van der Waals surface area contributed by atoms with Crippen molar-refractivity contribution in [1.82, 2.24) is 5.32 Å². The maximum absolute atomic E-state index is 7.84. The Bertz CT molecular complexity index is 94.2. The third-order valence-electron chi connectivity index (χ3n) is 0.912. The zero-order chi connectivity index (χ0) is 6.41. The van der Waals surface area contributed by atoms with Crippen LogP contribution in [0.5, 0.6) is 0 Å². The van der Waals surface area contributed by atoms with Gasteiger partial charge in [-0.1, -0.05) is 5.11 Å². The van der Waals surface area contributed by atoms with E-state index in [1.54, 1.807) is 0 Å².